The zero-order chi connectivity index (χ0) is 14.0. The van der Waals surface area contributed by atoms with Gasteiger partial charge in [0, 0.05) is 16.4 Å². The third-order valence-corrected chi connectivity index (χ3v) is 2.71. The maximum absolute atomic E-state index is 12.9. The van der Waals surface area contributed by atoms with Gasteiger partial charge in [-0.3, -0.25) is 0 Å². The predicted octanol–water partition coefficient (Wildman–Crippen LogP) is 4.68. The van der Waals surface area contributed by atoms with Crippen molar-refractivity contribution >= 4 is 28.7 Å². The minimum Gasteiger partial charge on any atom is -0.399 e. The monoisotopic (exact) mass is 286 g/mol. The molecule has 3 N–H and O–H groups in total. The molecule has 0 radical (unpaired) electrons. The van der Waals surface area contributed by atoms with Crippen LogP contribution in [0.1, 0.15) is 5.56 Å². The van der Waals surface area contributed by atoms with Crippen molar-refractivity contribution in [3.63, 3.8) is 0 Å². The normalized spacial score (nSPS) is 11.4. The van der Waals surface area contributed by atoms with Gasteiger partial charge in [0.1, 0.15) is 0 Å². The Morgan fingerprint density at radius 3 is 2.21 bits per heavy atom. The molecule has 2 nitrogen and oxygen atoms in total. The van der Waals surface area contributed by atoms with Gasteiger partial charge in [-0.2, -0.15) is 13.2 Å². The number of nitrogens with two attached hydrogens (primary N) is 1. The number of hydrogen-bond acceptors (Lipinski definition) is 2. The smallest absolute Gasteiger partial charge is 0.399 e. The minimum atomic E-state index is -4.47. The largest absolute Gasteiger partial charge is 0.418 e. The maximum atomic E-state index is 12.9. The molecule has 0 aromatic heterocycles. The molecule has 0 atom stereocenters. The number of hydrogen-bond donors (Lipinski definition) is 2. The molecule has 0 saturated heterocycles. The Morgan fingerprint density at radius 1 is 1.00 bits per heavy atom. The molecule has 2 aromatic rings. The summed E-state index contributed by atoms with van der Waals surface area (Å²) in [5.41, 5.74) is 5.71. The van der Waals surface area contributed by atoms with Crippen LogP contribution >= 0.6 is 11.6 Å². The van der Waals surface area contributed by atoms with Crippen LogP contribution in [-0.4, -0.2) is 0 Å². The first kappa shape index (κ1) is 13.5. The molecule has 2 aromatic carbocycles. The molecule has 0 spiro atoms. The van der Waals surface area contributed by atoms with Crippen molar-refractivity contribution in [3.05, 3.63) is 53.1 Å². The van der Waals surface area contributed by atoms with E-state index in [1.165, 1.54) is 12.1 Å². The lowest BCUT2D eigenvalue weighted by molar-refractivity contribution is -0.136. The fourth-order valence-corrected chi connectivity index (χ4v) is 1.75. The standard InChI is InChI=1S/C13H10ClF3N2/c14-8-1-6-12(11(7-8)13(15,16)17)19-10-4-2-9(18)3-5-10/h1-7,19H,18H2. The average Bonchev–Trinajstić information content (AvgIpc) is 2.33. The third kappa shape index (κ3) is 3.32. The Bertz CT molecular complexity index is 579. The van der Waals surface area contributed by atoms with E-state index in [0.717, 1.165) is 6.07 Å². The molecule has 0 aliphatic heterocycles. The van der Waals surface area contributed by atoms with E-state index in [1.54, 1.807) is 24.3 Å². The first-order valence-electron chi connectivity index (χ1n) is 5.35. The number of benzene rings is 2. The number of anilines is 3. The summed E-state index contributed by atoms with van der Waals surface area (Å²) in [4.78, 5) is 0. The third-order valence-electron chi connectivity index (χ3n) is 2.48. The van der Waals surface area contributed by atoms with Crippen molar-refractivity contribution in [3.8, 4) is 0 Å². The summed E-state index contributed by atoms with van der Waals surface area (Å²) in [6.07, 6.45) is -4.47. The van der Waals surface area contributed by atoms with Crippen molar-refractivity contribution in [2.45, 2.75) is 6.18 Å². The molecule has 0 saturated carbocycles. The van der Waals surface area contributed by atoms with Gasteiger partial charge in [0.25, 0.3) is 0 Å². The molecule has 0 amide bonds. The van der Waals surface area contributed by atoms with Crippen LogP contribution in [0, 0.1) is 0 Å². The van der Waals surface area contributed by atoms with Crippen LogP contribution in [0.3, 0.4) is 0 Å². The van der Waals surface area contributed by atoms with E-state index in [4.69, 9.17) is 17.3 Å². The van der Waals surface area contributed by atoms with Gasteiger partial charge in [0.05, 0.1) is 11.3 Å². The number of nitrogens with one attached hydrogen (secondary N) is 1. The van der Waals surface area contributed by atoms with Crippen molar-refractivity contribution in [1.82, 2.24) is 0 Å². The lowest BCUT2D eigenvalue weighted by Crippen LogP contribution is -2.08. The second-order valence-electron chi connectivity index (χ2n) is 3.93. The highest BCUT2D eigenvalue weighted by Crippen LogP contribution is 2.37. The van der Waals surface area contributed by atoms with E-state index in [-0.39, 0.29) is 10.7 Å². The molecule has 2 rings (SSSR count). The van der Waals surface area contributed by atoms with E-state index < -0.39 is 11.7 Å². The second-order valence-corrected chi connectivity index (χ2v) is 4.37. The van der Waals surface area contributed by atoms with Gasteiger partial charge in [0.15, 0.2) is 0 Å². The number of nitrogen functional groups attached to an aromatic ring is 1. The molecule has 19 heavy (non-hydrogen) atoms. The van der Waals surface area contributed by atoms with Gasteiger partial charge in [-0.05, 0) is 42.5 Å². The summed E-state index contributed by atoms with van der Waals surface area (Å²) < 4.78 is 38.6. The molecule has 100 valence electrons. The highest BCUT2D eigenvalue weighted by Gasteiger charge is 2.33. The summed E-state index contributed by atoms with van der Waals surface area (Å²) in [6, 6.07) is 9.99. The zero-order valence-corrected chi connectivity index (χ0v) is 10.4. The van der Waals surface area contributed by atoms with Crippen LogP contribution < -0.4 is 11.1 Å². The van der Waals surface area contributed by atoms with Gasteiger partial charge in [-0.1, -0.05) is 11.6 Å². The minimum absolute atomic E-state index is 0.0372. The maximum Gasteiger partial charge on any atom is 0.418 e. The van der Waals surface area contributed by atoms with Crippen LogP contribution in [0.15, 0.2) is 42.5 Å². The average molecular weight is 287 g/mol. The molecule has 0 aliphatic carbocycles. The Kier molecular flexibility index (Phi) is 3.57. The van der Waals surface area contributed by atoms with Crippen LogP contribution in [0.5, 0.6) is 0 Å². The van der Waals surface area contributed by atoms with Crippen LogP contribution in [0.4, 0.5) is 30.2 Å². The van der Waals surface area contributed by atoms with E-state index in [0.29, 0.717) is 11.4 Å². The van der Waals surface area contributed by atoms with E-state index >= 15 is 0 Å². The van der Waals surface area contributed by atoms with Gasteiger partial charge >= 0.3 is 6.18 Å². The quantitative estimate of drug-likeness (QED) is 0.786. The van der Waals surface area contributed by atoms with Crippen LogP contribution in [0.2, 0.25) is 5.02 Å². The summed E-state index contributed by atoms with van der Waals surface area (Å²) in [7, 11) is 0. The topological polar surface area (TPSA) is 38.0 Å². The van der Waals surface area contributed by atoms with E-state index in [2.05, 4.69) is 5.32 Å². The van der Waals surface area contributed by atoms with Crippen molar-refractivity contribution in [2.75, 3.05) is 11.1 Å². The number of halogens is 4. The van der Waals surface area contributed by atoms with Crippen molar-refractivity contribution in [1.29, 1.82) is 0 Å². The van der Waals surface area contributed by atoms with E-state index in [1.807, 2.05) is 0 Å². The molecular formula is C13H10ClF3N2. The molecule has 0 heterocycles. The van der Waals surface area contributed by atoms with Crippen LogP contribution in [-0.2, 0) is 6.18 Å². The zero-order valence-electron chi connectivity index (χ0n) is 9.63. The second kappa shape index (κ2) is 5.01. The molecule has 0 aliphatic rings. The summed E-state index contributed by atoms with van der Waals surface area (Å²) in [5, 5.41) is 2.74. The predicted molar refractivity (Wildman–Crippen MR) is 70.6 cm³/mol. The van der Waals surface area contributed by atoms with Crippen LogP contribution in [0.25, 0.3) is 0 Å². The molecule has 0 bridgehead atoms. The summed E-state index contributed by atoms with van der Waals surface area (Å²) in [6.45, 7) is 0. The van der Waals surface area contributed by atoms with Gasteiger partial charge in [0.2, 0.25) is 0 Å². The summed E-state index contributed by atoms with van der Waals surface area (Å²) >= 11 is 5.60. The molecule has 6 heteroatoms. The molecule has 0 fully saturated rings. The Labute approximate surface area is 113 Å². The Morgan fingerprint density at radius 2 is 1.63 bits per heavy atom. The SMILES string of the molecule is Nc1ccc(Nc2ccc(Cl)cc2C(F)(F)F)cc1. The highest BCUT2D eigenvalue weighted by molar-refractivity contribution is 6.30. The fourth-order valence-electron chi connectivity index (χ4n) is 1.58. The van der Waals surface area contributed by atoms with Gasteiger partial charge in [-0.25, -0.2) is 0 Å². The van der Waals surface area contributed by atoms with Crippen molar-refractivity contribution < 1.29 is 13.2 Å². The lowest BCUT2D eigenvalue weighted by atomic mass is 10.1. The van der Waals surface area contributed by atoms with Crippen molar-refractivity contribution in [2.24, 2.45) is 0 Å². The highest BCUT2D eigenvalue weighted by atomic mass is 35.5. The summed E-state index contributed by atoms with van der Waals surface area (Å²) in [5.74, 6) is 0. The van der Waals surface area contributed by atoms with Gasteiger partial charge in [-0.15, -0.1) is 0 Å². The Hall–Kier alpha value is -1.88. The first-order valence-corrected chi connectivity index (χ1v) is 5.73. The number of rotatable bonds is 2. The van der Waals surface area contributed by atoms with E-state index in [9.17, 15) is 13.2 Å². The molecule has 0 unspecified atom stereocenters. The first-order chi connectivity index (χ1) is 8.86. The van der Waals surface area contributed by atoms with Gasteiger partial charge < -0.3 is 11.1 Å². The Balaban J connectivity index is 2.37. The fraction of sp³-hybridized carbons (Fsp3) is 0.0769. The number of alkyl halides is 3. The lowest BCUT2D eigenvalue weighted by Gasteiger charge is -2.15. The molecular weight excluding hydrogens is 277 g/mol.